The standard InChI is InChI=1S/C32H46FN3O7S.CH2O2/c1-17(2)13-18-11-12-42-28-20(14-18)15-34-24(28)31(41)36-23-6-4-3-5-22(16-35-30(40)19-7-9-21(33)10-8-19)44-32-27(39)25(37)26(38)29(23)43-32;2-1-3/h3-4,7-10,17-18,20,22-29,32,34,37-39H,5-6,11-16H2,1-2H3,(H,35,40)(H,36,41);1H,(H,2,3)/t18-,20-,22+,23+,24-,25-,26+,27+,28+,29+,32+;/m0./s1. The van der Waals surface area contributed by atoms with Crippen molar-refractivity contribution in [3.05, 3.63) is 47.8 Å². The average molecular weight is 682 g/mol. The molecule has 4 heterocycles. The highest BCUT2D eigenvalue weighted by atomic mass is 32.2. The molecule has 1 aromatic rings. The highest BCUT2D eigenvalue weighted by Gasteiger charge is 2.49. The van der Waals surface area contributed by atoms with Gasteiger partial charge < -0.3 is 45.9 Å². The number of aliphatic hydroxyl groups is 3. The van der Waals surface area contributed by atoms with E-state index >= 15 is 0 Å². The molecule has 2 amide bonds. The van der Waals surface area contributed by atoms with E-state index in [4.69, 9.17) is 19.4 Å². The van der Waals surface area contributed by atoms with E-state index in [1.807, 2.05) is 12.2 Å². The fourth-order valence-corrected chi connectivity index (χ4v) is 8.21. The van der Waals surface area contributed by atoms with Crippen LogP contribution in [-0.4, -0.2) is 112 Å². The number of carbonyl (C=O) groups is 3. The first kappa shape index (κ1) is 37.2. The van der Waals surface area contributed by atoms with Crippen molar-refractivity contribution in [2.45, 2.75) is 99.2 Å². The van der Waals surface area contributed by atoms with Crippen molar-refractivity contribution in [2.75, 3.05) is 19.7 Å². The number of nitrogens with one attached hydrogen (secondary N) is 3. The molecular formula is C33H48FN3O9S. The van der Waals surface area contributed by atoms with Gasteiger partial charge in [-0.1, -0.05) is 26.0 Å². The molecule has 1 aromatic carbocycles. The maximum atomic E-state index is 13.6. The topological polar surface area (TPSA) is 187 Å². The number of rotatable bonds is 7. The van der Waals surface area contributed by atoms with Crippen molar-refractivity contribution in [1.29, 1.82) is 0 Å². The number of fused-ring (bicyclic) bond motifs is 3. The summed E-state index contributed by atoms with van der Waals surface area (Å²) in [6.07, 6.45) is 2.35. The lowest BCUT2D eigenvalue weighted by atomic mass is 9.85. The largest absolute Gasteiger partial charge is 0.483 e. The second kappa shape index (κ2) is 17.7. The lowest BCUT2D eigenvalue weighted by Crippen LogP contribution is -2.64. The zero-order chi connectivity index (χ0) is 34.1. The molecule has 3 fully saturated rings. The molecule has 0 radical (unpaired) electrons. The Morgan fingerprint density at radius 3 is 2.49 bits per heavy atom. The summed E-state index contributed by atoms with van der Waals surface area (Å²) in [6, 6.07) is 4.06. The summed E-state index contributed by atoms with van der Waals surface area (Å²) in [4.78, 5) is 34.6. The maximum Gasteiger partial charge on any atom is 0.290 e. The zero-order valence-electron chi connectivity index (χ0n) is 26.7. The molecule has 47 heavy (non-hydrogen) atoms. The molecule has 0 spiro atoms. The van der Waals surface area contributed by atoms with E-state index < -0.39 is 47.8 Å². The Balaban J connectivity index is 0.00000160. The summed E-state index contributed by atoms with van der Waals surface area (Å²) in [5, 5.41) is 48.5. The zero-order valence-corrected chi connectivity index (χ0v) is 27.6. The molecule has 262 valence electrons. The molecule has 4 aliphatic rings. The maximum absolute atomic E-state index is 13.6. The van der Waals surface area contributed by atoms with Crippen molar-refractivity contribution in [2.24, 2.45) is 17.8 Å². The van der Waals surface area contributed by atoms with E-state index in [0.717, 1.165) is 19.3 Å². The Bertz CT molecular complexity index is 1210. The van der Waals surface area contributed by atoms with Crippen LogP contribution in [0.4, 0.5) is 4.39 Å². The molecule has 2 bridgehead atoms. The van der Waals surface area contributed by atoms with E-state index in [2.05, 4.69) is 29.8 Å². The predicted molar refractivity (Wildman–Crippen MR) is 173 cm³/mol. The van der Waals surface area contributed by atoms with Gasteiger partial charge in [0.1, 0.15) is 41.7 Å². The molecule has 0 aromatic heterocycles. The lowest BCUT2D eigenvalue weighted by molar-refractivity contribution is -0.205. The number of amides is 2. The molecule has 5 rings (SSSR count). The minimum atomic E-state index is -1.49. The third-order valence-electron chi connectivity index (χ3n) is 9.16. The molecule has 0 saturated carbocycles. The number of carbonyl (C=O) groups excluding carboxylic acids is 2. The molecule has 4 aliphatic heterocycles. The van der Waals surface area contributed by atoms with E-state index in [0.29, 0.717) is 43.4 Å². The second-order valence-electron chi connectivity index (χ2n) is 13.1. The minimum absolute atomic E-state index is 0.226. The smallest absolute Gasteiger partial charge is 0.290 e. The molecule has 14 heteroatoms. The van der Waals surface area contributed by atoms with Crippen LogP contribution in [0.2, 0.25) is 0 Å². The third kappa shape index (κ3) is 9.97. The predicted octanol–water partition coefficient (Wildman–Crippen LogP) is 1.43. The Labute approximate surface area is 278 Å². The number of aliphatic hydroxyl groups excluding tert-OH is 3. The number of carboxylic acid groups (broad SMARTS) is 1. The van der Waals surface area contributed by atoms with Gasteiger partial charge in [0.25, 0.3) is 12.4 Å². The highest BCUT2D eigenvalue weighted by Crippen LogP contribution is 2.36. The third-order valence-corrected chi connectivity index (χ3v) is 10.6. The monoisotopic (exact) mass is 681 g/mol. The van der Waals surface area contributed by atoms with Crippen LogP contribution in [-0.2, 0) is 19.1 Å². The summed E-state index contributed by atoms with van der Waals surface area (Å²) in [5.41, 5.74) is -0.584. The van der Waals surface area contributed by atoms with E-state index in [1.54, 1.807) is 0 Å². The Hall–Kier alpha value is -2.59. The van der Waals surface area contributed by atoms with Gasteiger partial charge in [0.2, 0.25) is 5.91 Å². The van der Waals surface area contributed by atoms with Gasteiger partial charge >= 0.3 is 0 Å². The average Bonchev–Trinajstić information content (AvgIpc) is 3.33. The summed E-state index contributed by atoms with van der Waals surface area (Å²) in [6.45, 7) is 5.77. The highest BCUT2D eigenvalue weighted by molar-refractivity contribution is 8.00. The summed E-state index contributed by atoms with van der Waals surface area (Å²) in [7, 11) is 0. The molecule has 0 aliphatic carbocycles. The van der Waals surface area contributed by atoms with Crippen molar-refractivity contribution in [3.63, 3.8) is 0 Å². The van der Waals surface area contributed by atoms with Crippen LogP contribution < -0.4 is 16.0 Å². The number of thioether (sulfide) groups is 1. The fourth-order valence-electron chi connectivity index (χ4n) is 6.92. The van der Waals surface area contributed by atoms with Crippen LogP contribution in [0.5, 0.6) is 0 Å². The number of halogens is 1. The van der Waals surface area contributed by atoms with Crippen molar-refractivity contribution < 1.29 is 48.7 Å². The summed E-state index contributed by atoms with van der Waals surface area (Å²) < 4.78 is 25.7. The number of hydrogen-bond acceptors (Lipinski definition) is 10. The molecule has 12 nitrogen and oxygen atoms in total. The number of benzene rings is 1. The van der Waals surface area contributed by atoms with Gasteiger partial charge in [0.15, 0.2) is 0 Å². The van der Waals surface area contributed by atoms with Gasteiger partial charge in [0.05, 0.1) is 12.1 Å². The number of allylic oxidation sites excluding steroid dienone is 1. The molecule has 7 N–H and O–H groups in total. The molecular weight excluding hydrogens is 633 g/mol. The quantitative estimate of drug-likeness (QED) is 0.163. The first-order valence-electron chi connectivity index (χ1n) is 16.3. The second-order valence-corrected chi connectivity index (χ2v) is 14.5. The van der Waals surface area contributed by atoms with Gasteiger partial charge in [-0.3, -0.25) is 14.4 Å². The Morgan fingerprint density at radius 2 is 1.79 bits per heavy atom. The van der Waals surface area contributed by atoms with Crippen LogP contribution in [0.25, 0.3) is 0 Å². The first-order chi connectivity index (χ1) is 22.5. The van der Waals surface area contributed by atoms with Gasteiger partial charge in [-0.05, 0) is 74.1 Å². The first-order valence-corrected chi connectivity index (χ1v) is 17.2. The molecule has 11 atom stereocenters. The number of ether oxygens (including phenoxy) is 2. The van der Waals surface area contributed by atoms with Crippen molar-refractivity contribution in [1.82, 2.24) is 16.0 Å². The minimum Gasteiger partial charge on any atom is -0.483 e. The van der Waals surface area contributed by atoms with Crippen molar-refractivity contribution >= 4 is 30.0 Å². The summed E-state index contributed by atoms with van der Waals surface area (Å²) in [5.74, 6) is 0.403. The van der Waals surface area contributed by atoms with E-state index in [-0.39, 0.29) is 42.1 Å². The lowest BCUT2D eigenvalue weighted by Gasteiger charge is -2.44. The molecule has 0 unspecified atom stereocenters. The normalized spacial score (nSPS) is 35.4. The van der Waals surface area contributed by atoms with Crippen LogP contribution in [0.15, 0.2) is 36.4 Å². The van der Waals surface area contributed by atoms with Gasteiger partial charge in [-0.2, -0.15) is 0 Å². The van der Waals surface area contributed by atoms with Gasteiger partial charge in [-0.15, -0.1) is 11.8 Å². The number of hydrogen-bond donors (Lipinski definition) is 7. The Morgan fingerprint density at radius 1 is 1.09 bits per heavy atom. The SMILES string of the molecule is CC(C)C[C@@H]1CCO[C@@H]2[C@H](CN[C@@H]2C(=O)N[C@@H]2CC=CC[C@H](CNC(=O)c3ccc(F)cc3)S[C@H]3O[C@H]2[C@H](O)[C@H](O)[C@H]3O)C1.O=CO. The Kier molecular flexibility index (Phi) is 14.0. The van der Waals surface area contributed by atoms with Crippen LogP contribution in [0, 0.1) is 23.6 Å². The van der Waals surface area contributed by atoms with Crippen LogP contribution >= 0.6 is 11.8 Å². The van der Waals surface area contributed by atoms with Crippen molar-refractivity contribution in [3.8, 4) is 0 Å². The summed E-state index contributed by atoms with van der Waals surface area (Å²) >= 11 is 1.25. The molecule has 3 saturated heterocycles. The van der Waals surface area contributed by atoms with Gasteiger partial charge in [0, 0.05) is 30.5 Å². The van der Waals surface area contributed by atoms with Crippen LogP contribution in [0.3, 0.4) is 0 Å². The van der Waals surface area contributed by atoms with E-state index in [9.17, 15) is 29.3 Å². The van der Waals surface area contributed by atoms with E-state index in [1.165, 1.54) is 36.0 Å². The fraction of sp³-hybridized carbons (Fsp3) is 0.667. The van der Waals surface area contributed by atoms with Gasteiger partial charge in [-0.25, -0.2) is 4.39 Å². The van der Waals surface area contributed by atoms with Crippen LogP contribution in [0.1, 0.15) is 56.3 Å².